The Morgan fingerprint density at radius 2 is 1.75 bits per heavy atom. The summed E-state index contributed by atoms with van der Waals surface area (Å²) in [6.45, 7) is 0. The molecule has 5 heteroatoms. The molecule has 0 amide bonds. The molecule has 1 N–H and O–H groups in total. The first-order chi connectivity index (χ1) is 9.67. The van der Waals surface area contributed by atoms with E-state index in [0.29, 0.717) is 11.3 Å². The highest BCUT2D eigenvalue weighted by Gasteiger charge is 2.13. The summed E-state index contributed by atoms with van der Waals surface area (Å²) in [6.07, 6.45) is 0.420. The van der Waals surface area contributed by atoms with Crippen molar-refractivity contribution in [3.63, 3.8) is 0 Å². The van der Waals surface area contributed by atoms with Gasteiger partial charge in [-0.05, 0) is 24.3 Å². The molecule has 0 saturated carbocycles. The Labute approximate surface area is 117 Å². The molecule has 0 bridgehead atoms. The summed E-state index contributed by atoms with van der Waals surface area (Å²) < 4.78 is 27.6. The molecule has 20 heavy (non-hydrogen) atoms. The van der Waals surface area contributed by atoms with E-state index in [4.69, 9.17) is 0 Å². The molecule has 2 aromatic carbocycles. The molecule has 0 unspecified atom stereocenters. The van der Waals surface area contributed by atoms with Crippen LogP contribution in [0, 0.1) is 11.6 Å². The predicted octanol–water partition coefficient (Wildman–Crippen LogP) is 4.41. The largest absolute Gasteiger partial charge is 0.349 e. The van der Waals surface area contributed by atoms with Crippen LogP contribution in [-0.4, -0.2) is 11.3 Å². The van der Waals surface area contributed by atoms with Gasteiger partial charge >= 0.3 is 0 Å². The Bertz CT molecular complexity index is 741. The second kappa shape index (κ2) is 5.09. The molecule has 1 aromatic heterocycles. The van der Waals surface area contributed by atoms with Crippen molar-refractivity contribution < 1.29 is 13.6 Å². The van der Waals surface area contributed by atoms with Crippen molar-refractivity contribution in [3.05, 3.63) is 59.7 Å². The molecule has 0 aliphatic heterocycles. The molecule has 0 aliphatic rings. The number of hydrogen-bond donors (Lipinski definition) is 1. The molecule has 0 aliphatic carbocycles. The third-order valence-corrected chi connectivity index (χ3v) is 3.91. The number of rotatable bonds is 3. The Hall–Kier alpha value is -2.14. The molecule has 3 aromatic rings. The average Bonchev–Trinajstić information content (AvgIpc) is 2.85. The normalized spacial score (nSPS) is 10.9. The maximum absolute atomic E-state index is 13.8. The van der Waals surface area contributed by atoms with Crippen LogP contribution in [-0.2, 0) is 0 Å². The van der Waals surface area contributed by atoms with Gasteiger partial charge in [-0.1, -0.05) is 30.0 Å². The molecule has 0 saturated heterocycles. The fourth-order valence-corrected chi connectivity index (χ4v) is 2.84. The van der Waals surface area contributed by atoms with Crippen LogP contribution < -0.4 is 0 Å². The van der Waals surface area contributed by atoms with Crippen molar-refractivity contribution in [2.75, 3.05) is 0 Å². The zero-order valence-electron chi connectivity index (χ0n) is 10.2. The molecule has 2 nitrogen and oxygen atoms in total. The Morgan fingerprint density at radius 3 is 2.40 bits per heavy atom. The van der Waals surface area contributed by atoms with Crippen LogP contribution in [0.1, 0.15) is 10.4 Å². The summed E-state index contributed by atoms with van der Waals surface area (Å²) in [6, 6.07) is 11.5. The van der Waals surface area contributed by atoms with Crippen molar-refractivity contribution in [2.45, 2.75) is 9.92 Å². The standard InChI is InChI=1S/C15H9F2NOS/c16-11-5-9(8-19)6-12(17)15(11)20-14-7-10-3-1-2-4-13(10)18-14/h1-8,18H. The van der Waals surface area contributed by atoms with Gasteiger partial charge in [0.25, 0.3) is 0 Å². The van der Waals surface area contributed by atoms with Crippen molar-refractivity contribution in [1.29, 1.82) is 0 Å². The van der Waals surface area contributed by atoms with E-state index in [-0.39, 0.29) is 10.5 Å². The van der Waals surface area contributed by atoms with E-state index in [1.165, 1.54) is 0 Å². The molecular weight excluding hydrogens is 280 g/mol. The molecule has 1 heterocycles. The molecular formula is C15H9F2NOS. The number of para-hydroxylation sites is 1. The summed E-state index contributed by atoms with van der Waals surface area (Å²) >= 11 is 0.964. The van der Waals surface area contributed by atoms with E-state index in [1.54, 1.807) is 0 Å². The fraction of sp³-hybridized carbons (Fsp3) is 0. The summed E-state index contributed by atoms with van der Waals surface area (Å²) in [7, 11) is 0. The van der Waals surface area contributed by atoms with Gasteiger partial charge in [0.15, 0.2) is 0 Å². The van der Waals surface area contributed by atoms with E-state index in [1.807, 2.05) is 30.3 Å². The van der Waals surface area contributed by atoms with E-state index < -0.39 is 11.6 Å². The SMILES string of the molecule is O=Cc1cc(F)c(Sc2cc3ccccc3[nH]2)c(F)c1. The number of benzene rings is 2. The molecule has 100 valence electrons. The van der Waals surface area contributed by atoms with Crippen LogP contribution in [0.5, 0.6) is 0 Å². The summed E-state index contributed by atoms with van der Waals surface area (Å²) in [5, 5.41) is 1.61. The highest BCUT2D eigenvalue weighted by molar-refractivity contribution is 7.99. The van der Waals surface area contributed by atoms with E-state index in [0.717, 1.165) is 34.8 Å². The van der Waals surface area contributed by atoms with E-state index in [9.17, 15) is 13.6 Å². The third kappa shape index (κ3) is 2.32. The van der Waals surface area contributed by atoms with Crippen LogP contribution in [0.15, 0.2) is 52.4 Å². The molecule has 0 fully saturated rings. The Morgan fingerprint density at radius 1 is 1.05 bits per heavy atom. The van der Waals surface area contributed by atoms with Gasteiger partial charge in [0.05, 0.1) is 9.92 Å². The van der Waals surface area contributed by atoms with Gasteiger partial charge in [0.1, 0.15) is 17.9 Å². The Kier molecular flexibility index (Phi) is 3.28. The fourth-order valence-electron chi connectivity index (χ4n) is 1.96. The van der Waals surface area contributed by atoms with E-state index >= 15 is 0 Å². The van der Waals surface area contributed by atoms with Crippen LogP contribution in [0.3, 0.4) is 0 Å². The summed E-state index contributed by atoms with van der Waals surface area (Å²) in [4.78, 5) is 13.5. The lowest BCUT2D eigenvalue weighted by Gasteiger charge is -2.03. The smallest absolute Gasteiger partial charge is 0.150 e. The van der Waals surface area contributed by atoms with Crippen LogP contribution >= 0.6 is 11.8 Å². The second-order valence-electron chi connectivity index (χ2n) is 4.25. The number of aromatic amines is 1. The van der Waals surface area contributed by atoms with Gasteiger partial charge in [-0.3, -0.25) is 4.79 Å². The monoisotopic (exact) mass is 289 g/mol. The number of carbonyl (C=O) groups excluding carboxylic acids is 1. The van der Waals surface area contributed by atoms with Gasteiger partial charge in [-0.25, -0.2) is 8.78 Å². The van der Waals surface area contributed by atoms with E-state index in [2.05, 4.69) is 4.98 Å². The zero-order valence-corrected chi connectivity index (χ0v) is 11.0. The number of fused-ring (bicyclic) bond motifs is 1. The van der Waals surface area contributed by atoms with Gasteiger partial charge in [0, 0.05) is 16.5 Å². The molecule has 0 atom stereocenters. The minimum Gasteiger partial charge on any atom is -0.349 e. The second-order valence-corrected chi connectivity index (χ2v) is 5.31. The van der Waals surface area contributed by atoms with Gasteiger partial charge in [-0.2, -0.15) is 0 Å². The molecule has 0 spiro atoms. The van der Waals surface area contributed by atoms with Gasteiger partial charge < -0.3 is 4.98 Å². The topological polar surface area (TPSA) is 32.9 Å². The number of H-pyrrole nitrogens is 1. The highest BCUT2D eigenvalue weighted by atomic mass is 32.2. The number of nitrogens with one attached hydrogen (secondary N) is 1. The minimum atomic E-state index is -0.740. The van der Waals surface area contributed by atoms with Crippen LogP contribution in [0.4, 0.5) is 8.78 Å². The number of carbonyl (C=O) groups is 1. The van der Waals surface area contributed by atoms with Gasteiger partial charge in [0.2, 0.25) is 0 Å². The van der Waals surface area contributed by atoms with Crippen LogP contribution in [0.25, 0.3) is 10.9 Å². The highest BCUT2D eigenvalue weighted by Crippen LogP contribution is 2.33. The lowest BCUT2D eigenvalue weighted by Crippen LogP contribution is -1.91. The third-order valence-electron chi connectivity index (χ3n) is 2.87. The maximum Gasteiger partial charge on any atom is 0.150 e. The average molecular weight is 289 g/mol. The lowest BCUT2D eigenvalue weighted by atomic mass is 10.2. The van der Waals surface area contributed by atoms with Crippen molar-refractivity contribution in [1.82, 2.24) is 4.98 Å². The predicted molar refractivity (Wildman–Crippen MR) is 74.2 cm³/mol. The van der Waals surface area contributed by atoms with Crippen LogP contribution in [0.2, 0.25) is 0 Å². The summed E-state index contributed by atoms with van der Waals surface area (Å²) in [5.74, 6) is -1.48. The van der Waals surface area contributed by atoms with Gasteiger partial charge in [-0.15, -0.1) is 0 Å². The first-order valence-electron chi connectivity index (χ1n) is 5.87. The number of hydrogen-bond acceptors (Lipinski definition) is 2. The Balaban J connectivity index is 2.00. The minimum absolute atomic E-state index is 0.0130. The van der Waals surface area contributed by atoms with Crippen molar-refractivity contribution in [2.24, 2.45) is 0 Å². The lowest BCUT2D eigenvalue weighted by molar-refractivity contribution is 0.112. The quantitative estimate of drug-likeness (QED) is 0.724. The first-order valence-corrected chi connectivity index (χ1v) is 6.69. The maximum atomic E-state index is 13.8. The number of aldehydes is 1. The molecule has 0 radical (unpaired) electrons. The molecule has 3 rings (SSSR count). The van der Waals surface area contributed by atoms with Crippen molar-refractivity contribution in [3.8, 4) is 0 Å². The zero-order chi connectivity index (χ0) is 14.1. The number of halogens is 2. The first kappa shape index (κ1) is 12.9. The van der Waals surface area contributed by atoms with Crippen molar-refractivity contribution >= 4 is 29.0 Å². The number of aromatic nitrogens is 1. The summed E-state index contributed by atoms with van der Waals surface area (Å²) in [5.41, 5.74) is 0.890.